The highest BCUT2D eigenvalue weighted by Gasteiger charge is 2.55. The molecule has 0 spiro atoms. The molecule has 6 nitrogen and oxygen atoms in total. The number of alkyl halides is 1. The molecule has 9 heteroatoms. The normalized spacial score (nSPS) is 16.8. The predicted molar refractivity (Wildman–Crippen MR) is 69.0 cm³/mol. The van der Waals surface area contributed by atoms with Gasteiger partial charge >= 0.3 is 0 Å². The zero-order valence-corrected chi connectivity index (χ0v) is 11.5. The number of carbonyl (C=O) groups is 1. The van der Waals surface area contributed by atoms with Gasteiger partial charge in [-0.1, -0.05) is 6.07 Å². The van der Waals surface area contributed by atoms with E-state index in [1.54, 1.807) is 0 Å². The first-order valence-electron chi connectivity index (χ1n) is 6.17. The van der Waals surface area contributed by atoms with Crippen LogP contribution in [0.15, 0.2) is 30.9 Å². The first-order valence-corrected chi connectivity index (χ1v) is 6.17. The minimum absolute atomic E-state index is 0.471. The highest BCUT2D eigenvalue weighted by Crippen LogP contribution is 2.39. The lowest BCUT2D eigenvalue weighted by Crippen LogP contribution is -2.57. The van der Waals surface area contributed by atoms with Gasteiger partial charge in [-0.25, -0.2) is 22.8 Å². The Labute approximate surface area is 123 Å². The van der Waals surface area contributed by atoms with E-state index in [1.165, 1.54) is 0 Å². The summed E-state index contributed by atoms with van der Waals surface area (Å²) in [7, 11) is 0. The summed E-state index contributed by atoms with van der Waals surface area (Å²) in [6.45, 7) is 0.0700. The summed E-state index contributed by atoms with van der Waals surface area (Å²) in [6.07, 6.45) is 2.25. The van der Waals surface area contributed by atoms with Crippen LogP contribution in [-0.4, -0.2) is 31.4 Å². The summed E-state index contributed by atoms with van der Waals surface area (Å²) in [5, 5.41) is 14.4. The van der Waals surface area contributed by atoms with Crippen LogP contribution in [-0.2, 0) is 16.9 Å². The number of nitrogens with zero attached hydrogens (tertiary/aromatic N) is 3. The number of halogens is 3. The van der Waals surface area contributed by atoms with Crippen molar-refractivity contribution >= 4 is 5.91 Å². The number of rotatable bonds is 5. The number of primary amides is 1. The lowest BCUT2D eigenvalue weighted by atomic mass is 9.79. The SMILES string of the molecule is CC(F)(C(N)=O)C(O)(Cn1cncn1)c1ccc(F)cc1F. The van der Waals surface area contributed by atoms with Crippen molar-refractivity contribution in [2.75, 3.05) is 0 Å². The van der Waals surface area contributed by atoms with Crippen LogP contribution in [0.4, 0.5) is 13.2 Å². The first-order chi connectivity index (χ1) is 10.2. The molecule has 2 aromatic rings. The molecule has 0 aliphatic carbocycles. The third-order valence-corrected chi connectivity index (χ3v) is 3.47. The molecule has 0 fully saturated rings. The number of carbonyl (C=O) groups excluding carboxylic acids is 1. The van der Waals surface area contributed by atoms with E-state index >= 15 is 0 Å². The van der Waals surface area contributed by atoms with E-state index in [4.69, 9.17) is 5.73 Å². The predicted octanol–water partition coefficient (Wildman–Crippen LogP) is 0.658. The molecule has 0 bridgehead atoms. The maximum absolute atomic E-state index is 14.8. The Kier molecular flexibility index (Phi) is 3.92. The van der Waals surface area contributed by atoms with E-state index in [0.29, 0.717) is 6.07 Å². The average Bonchev–Trinajstić information content (AvgIpc) is 2.90. The Morgan fingerprint density at radius 1 is 1.45 bits per heavy atom. The van der Waals surface area contributed by atoms with Crippen molar-refractivity contribution in [1.29, 1.82) is 0 Å². The summed E-state index contributed by atoms with van der Waals surface area (Å²) >= 11 is 0. The lowest BCUT2D eigenvalue weighted by molar-refractivity contribution is -0.156. The molecule has 3 N–H and O–H groups in total. The van der Waals surface area contributed by atoms with E-state index in [2.05, 4.69) is 10.1 Å². The van der Waals surface area contributed by atoms with Gasteiger partial charge in [-0.15, -0.1) is 0 Å². The molecule has 1 amide bonds. The Bertz CT molecular complexity index is 691. The number of benzene rings is 1. The number of hydrogen-bond donors (Lipinski definition) is 2. The molecule has 0 saturated carbocycles. The van der Waals surface area contributed by atoms with Crippen LogP contribution in [0.3, 0.4) is 0 Å². The van der Waals surface area contributed by atoms with Gasteiger partial charge in [-0.2, -0.15) is 5.10 Å². The summed E-state index contributed by atoms with van der Waals surface area (Å²) in [4.78, 5) is 15.0. The van der Waals surface area contributed by atoms with E-state index in [-0.39, 0.29) is 0 Å². The van der Waals surface area contributed by atoms with E-state index in [0.717, 1.165) is 36.4 Å². The third kappa shape index (κ3) is 2.54. The molecule has 2 unspecified atom stereocenters. The van der Waals surface area contributed by atoms with Crippen LogP contribution in [0, 0.1) is 11.6 Å². The Morgan fingerprint density at radius 3 is 2.64 bits per heavy atom. The van der Waals surface area contributed by atoms with Gasteiger partial charge in [0.05, 0.1) is 6.54 Å². The van der Waals surface area contributed by atoms with Crippen molar-refractivity contribution in [3.8, 4) is 0 Å². The number of nitrogens with two attached hydrogens (primary N) is 1. The minimum Gasteiger partial charge on any atom is -0.379 e. The molecule has 2 rings (SSSR count). The Hall–Kier alpha value is -2.42. The molecule has 0 aliphatic heterocycles. The highest BCUT2D eigenvalue weighted by molar-refractivity contribution is 5.84. The summed E-state index contributed by atoms with van der Waals surface area (Å²) in [6, 6.07) is 2.16. The zero-order chi connectivity index (χ0) is 16.5. The van der Waals surface area contributed by atoms with Crippen molar-refractivity contribution < 1.29 is 23.1 Å². The summed E-state index contributed by atoms with van der Waals surface area (Å²) < 4.78 is 42.8. The molecule has 0 aliphatic rings. The fraction of sp³-hybridized carbons (Fsp3) is 0.308. The molecule has 2 atom stereocenters. The van der Waals surface area contributed by atoms with Crippen molar-refractivity contribution in [2.24, 2.45) is 5.73 Å². The van der Waals surface area contributed by atoms with Crippen LogP contribution in [0.5, 0.6) is 0 Å². The third-order valence-electron chi connectivity index (χ3n) is 3.47. The molecule has 22 heavy (non-hydrogen) atoms. The van der Waals surface area contributed by atoms with Crippen molar-refractivity contribution in [1.82, 2.24) is 14.8 Å². The summed E-state index contributed by atoms with van der Waals surface area (Å²) in [5.74, 6) is -3.63. The lowest BCUT2D eigenvalue weighted by Gasteiger charge is -2.37. The monoisotopic (exact) mass is 314 g/mol. The van der Waals surface area contributed by atoms with Crippen molar-refractivity contribution in [3.05, 3.63) is 48.1 Å². The number of hydrogen-bond acceptors (Lipinski definition) is 4. The van der Waals surface area contributed by atoms with Gasteiger partial charge in [0.2, 0.25) is 5.67 Å². The van der Waals surface area contributed by atoms with Gasteiger partial charge in [-0.3, -0.25) is 4.79 Å². The van der Waals surface area contributed by atoms with Crippen LogP contribution in [0.1, 0.15) is 12.5 Å². The number of aliphatic hydroxyl groups is 1. The zero-order valence-electron chi connectivity index (χ0n) is 11.5. The largest absolute Gasteiger partial charge is 0.379 e. The molecule has 1 aromatic heterocycles. The topological polar surface area (TPSA) is 94.0 Å². The molecular formula is C13H13F3N4O2. The van der Waals surface area contributed by atoms with Gasteiger partial charge < -0.3 is 10.8 Å². The quantitative estimate of drug-likeness (QED) is 0.847. The second-order valence-corrected chi connectivity index (χ2v) is 4.94. The van der Waals surface area contributed by atoms with Crippen LogP contribution < -0.4 is 5.73 Å². The second kappa shape index (κ2) is 5.41. The fourth-order valence-corrected chi connectivity index (χ4v) is 2.06. The number of aromatic nitrogens is 3. The van der Waals surface area contributed by atoms with Crippen molar-refractivity contribution in [2.45, 2.75) is 24.7 Å². The molecule has 118 valence electrons. The van der Waals surface area contributed by atoms with Gasteiger partial charge in [0.1, 0.15) is 24.3 Å². The average molecular weight is 314 g/mol. The maximum atomic E-state index is 14.8. The van der Waals surface area contributed by atoms with Gasteiger partial charge in [0.25, 0.3) is 5.91 Å². The Balaban J connectivity index is 2.61. The van der Waals surface area contributed by atoms with Gasteiger partial charge in [-0.05, 0) is 13.0 Å². The maximum Gasteiger partial charge on any atom is 0.258 e. The molecular weight excluding hydrogens is 301 g/mol. The van der Waals surface area contributed by atoms with E-state index < -0.39 is 40.9 Å². The van der Waals surface area contributed by atoms with Crippen LogP contribution in [0.2, 0.25) is 0 Å². The smallest absolute Gasteiger partial charge is 0.258 e. The van der Waals surface area contributed by atoms with Crippen LogP contribution >= 0.6 is 0 Å². The van der Waals surface area contributed by atoms with Crippen molar-refractivity contribution in [3.63, 3.8) is 0 Å². The molecule has 0 radical (unpaired) electrons. The minimum atomic E-state index is -3.04. The number of amides is 1. The summed E-state index contributed by atoms with van der Waals surface area (Å²) in [5.41, 5.74) is -1.38. The Morgan fingerprint density at radius 2 is 2.14 bits per heavy atom. The fourth-order valence-electron chi connectivity index (χ4n) is 2.06. The van der Waals surface area contributed by atoms with E-state index in [9.17, 15) is 23.1 Å². The molecule has 0 saturated heterocycles. The molecule has 1 heterocycles. The highest BCUT2D eigenvalue weighted by atomic mass is 19.1. The van der Waals surface area contributed by atoms with Gasteiger partial charge in [0.15, 0.2) is 5.60 Å². The first kappa shape index (κ1) is 16.0. The molecule has 1 aromatic carbocycles. The van der Waals surface area contributed by atoms with Gasteiger partial charge in [0, 0.05) is 11.6 Å². The second-order valence-electron chi connectivity index (χ2n) is 4.94. The standard InChI is InChI=1S/C13H13F3N4O2/c1-12(16,11(17)21)13(22,5-20-7-18-6-19-20)9-3-2-8(14)4-10(9)15/h2-4,6-7,22H,5H2,1H3,(H2,17,21). The van der Waals surface area contributed by atoms with E-state index in [1.807, 2.05) is 0 Å². The van der Waals surface area contributed by atoms with Crippen LogP contribution in [0.25, 0.3) is 0 Å².